The van der Waals surface area contributed by atoms with Gasteiger partial charge in [-0.05, 0) is 30.5 Å². The monoisotopic (exact) mass is 468 g/mol. The standard InChI is InChI=1S/C30H46NO3/c1-5-7-8-9-10-12-16-26-20-22-28(23-21-26)33-30(6-2)34-29(32)19-15-24-31(3,4)25-27-17-13-11-14-18-27/h11,13-14,17-18,20-23,30H,5-10,12,15-16,19,24-25H2,1-4H3/q+1. The highest BCUT2D eigenvalue weighted by atomic mass is 16.7. The molecule has 4 heteroatoms. The second-order valence-corrected chi connectivity index (χ2v) is 10.0. The highest BCUT2D eigenvalue weighted by molar-refractivity contribution is 5.69. The molecule has 2 aromatic carbocycles. The van der Waals surface area contributed by atoms with Gasteiger partial charge in [-0.15, -0.1) is 0 Å². The number of nitrogens with zero attached hydrogens (tertiary/aromatic N) is 1. The number of quaternary nitrogens is 1. The van der Waals surface area contributed by atoms with Gasteiger partial charge < -0.3 is 14.0 Å². The molecule has 2 rings (SSSR count). The molecule has 0 heterocycles. The predicted molar refractivity (Wildman–Crippen MR) is 141 cm³/mol. The molecule has 0 aromatic heterocycles. The lowest BCUT2D eigenvalue weighted by atomic mass is 10.0. The molecular formula is C30H46NO3+. The predicted octanol–water partition coefficient (Wildman–Crippen LogP) is 7.30. The molecule has 0 aliphatic rings. The minimum absolute atomic E-state index is 0.189. The van der Waals surface area contributed by atoms with E-state index in [0.717, 1.165) is 36.2 Å². The van der Waals surface area contributed by atoms with Gasteiger partial charge in [0.1, 0.15) is 12.3 Å². The van der Waals surface area contributed by atoms with Crippen molar-refractivity contribution in [1.29, 1.82) is 0 Å². The summed E-state index contributed by atoms with van der Waals surface area (Å²) in [6, 6.07) is 18.7. The van der Waals surface area contributed by atoms with Gasteiger partial charge in [-0.1, -0.05) is 88.4 Å². The first-order chi connectivity index (χ1) is 16.4. The number of rotatable bonds is 17. The van der Waals surface area contributed by atoms with Gasteiger partial charge in [-0.3, -0.25) is 4.79 Å². The molecular weight excluding hydrogens is 422 g/mol. The number of benzene rings is 2. The molecule has 34 heavy (non-hydrogen) atoms. The van der Waals surface area contributed by atoms with Gasteiger partial charge in [0.2, 0.25) is 6.29 Å². The second-order valence-electron chi connectivity index (χ2n) is 10.0. The maximum atomic E-state index is 12.4. The lowest BCUT2D eigenvalue weighted by Gasteiger charge is -2.30. The van der Waals surface area contributed by atoms with Gasteiger partial charge in [0.25, 0.3) is 0 Å². The summed E-state index contributed by atoms with van der Waals surface area (Å²) in [6.45, 7) is 6.10. The van der Waals surface area contributed by atoms with Gasteiger partial charge in [-0.25, -0.2) is 0 Å². The summed E-state index contributed by atoms with van der Waals surface area (Å²) in [6.07, 6.45) is 10.3. The zero-order chi connectivity index (χ0) is 24.7. The van der Waals surface area contributed by atoms with E-state index in [2.05, 4.69) is 57.4 Å². The molecule has 4 nitrogen and oxygen atoms in total. The van der Waals surface area contributed by atoms with Crippen molar-refractivity contribution in [1.82, 2.24) is 0 Å². The molecule has 1 atom stereocenters. The third kappa shape index (κ3) is 11.7. The molecule has 188 valence electrons. The fourth-order valence-electron chi connectivity index (χ4n) is 4.20. The van der Waals surface area contributed by atoms with Crippen molar-refractivity contribution in [2.75, 3.05) is 20.6 Å². The molecule has 0 radical (unpaired) electrons. The van der Waals surface area contributed by atoms with E-state index in [9.17, 15) is 4.79 Å². The van der Waals surface area contributed by atoms with Crippen LogP contribution in [0.4, 0.5) is 0 Å². The Balaban J connectivity index is 1.68. The molecule has 0 bridgehead atoms. The first-order valence-corrected chi connectivity index (χ1v) is 13.2. The van der Waals surface area contributed by atoms with Crippen molar-refractivity contribution in [3.8, 4) is 5.75 Å². The van der Waals surface area contributed by atoms with Crippen molar-refractivity contribution in [2.24, 2.45) is 0 Å². The van der Waals surface area contributed by atoms with Crippen molar-refractivity contribution in [3.63, 3.8) is 0 Å². The fraction of sp³-hybridized carbons (Fsp3) is 0.567. The van der Waals surface area contributed by atoms with Crippen LogP contribution in [0.25, 0.3) is 0 Å². The van der Waals surface area contributed by atoms with E-state index < -0.39 is 6.29 Å². The molecule has 0 fully saturated rings. The first-order valence-electron chi connectivity index (χ1n) is 13.2. The normalized spacial score (nSPS) is 12.4. The average Bonchev–Trinajstić information content (AvgIpc) is 2.82. The number of ether oxygens (including phenoxy) is 2. The van der Waals surface area contributed by atoms with E-state index in [0.29, 0.717) is 12.8 Å². The van der Waals surface area contributed by atoms with Crippen LogP contribution in [0, 0.1) is 0 Å². The number of carbonyl (C=O) groups is 1. The zero-order valence-corrected chi connectivity index (χ0v) is 21.9. The Morgan fingerprint density at radius 1 is 0.824 bits per heavy atom. The van der Waals surface area contributed by atoms with E-state index in [1.54, 1.807) is 0 Å². The lowest BCUT2D eigenvalue weighted by molar-refractivity contribution is -0.903. The summed E-state index contributed by atoms with van der Waals surface area (Å²) in [4.78, 5) is 12.4. The van der Waals surface area contributed by atoms with Gasteiger partial charge in [0, 0.05) is 18.4 Å². The van der Waals surface area contributed by atoms with E-state index in [4.69, 9.17) is 9.47 Å². The van der Waals surface area contributed by atoms with Crippen LogP contribution in [0.3, 0.4) is 0 Å². The molecule has 2 aromatic rings. The smallest absolute Gasteiger partial charge is 0.309 e. The van der Waals surface area contributed by atoms with Gasteiger partial charge in [0.05, 0.1) is 27.1 Å². The summed E-state index contributed by atoms with van der Waals surface area (Å²) in [7, 11) is 4.40. The van der Waals surface area contributed by atoms with Crippen molar-refractivity contribution in [2.45, 2.75) is 90.9 Å². The van der Waals surface area contributed by atoms with Crippen LogP contribution < -0.4 is 4.74 Å². The minimum Gasteiger partial charge on any atom is -0.455 e. The summed E-state index contributed by atoms with van der Waals surface area (Å²) >= 11 is 0. The third-order valence-electron chi connectivity index (χ3n) is 6.20. The topological polar surface area (TPSA) is 35.5 Å². The fourth-order valence-corrected chi connectivity index (χ4v) is 4.20. The quantitative estimate of drug-likeness (QED) is 0.106. The van der Waals surface area contributed by atoms with Crippen LogP contribution in [0.15, 0.2) is 54.6 Å². The Hall–Kier alpha value is -2.33. The lowest BCUT2D eigenvalue weighted by Crippen LogP contribution is -2.39. The largest absolute Gasteiger partial charge is 0.455 e. The number of esters is 1. The molecule has 1 unspecified atom stereocenters. The van der Waals surface area contributed by atoms with E-state index in [1.165, 1.54) is 49.7 Å². The molecule has 0 aliphatic carbocycles. The number of aryl methyl sites for hydroxylation is 1. The SMILES string of the molecule is CCCCCCCCc1ccc(OC(CC)OC(=O)CCC[N+](C)(C)Cc2ccccc2)cc1. The Kier molecular flexibility index (Phi) is 12.8. The Bertz CT molecular complexity index is 802. The molecule has 0 saturated heterocycles. The highest BCUT2D eigenvalue weighted by Gasteiger charge is 2.18. The molecule has 0 saturated carbocycles. The Labute approximate surface area is 207 Å². The summed E-state index contributed by atoms with van der Waals surface area (Å²) in [5, 5.41) is 0. The number of carbonyl (C=O) groups excluding carboxylic acids is 1. The summed E-state index contributed by atoms with van der Waals surface area (Å²) in [5.74, 6) is 0.568. The van der Waals surface area contributed by atoms with E-state index in [1.807, 2.05) is 25.1 Å². The van der Waals surface area contributed by atoms with Crippen LogP contribution in [0.1, 0.15) is 82.8 Å². The minimum atomic E-state index is -0.538. The highest BCUT2D eigenvalue weighted by Crippen LogP contribution is 2.18. The third-order valence-corrected chi connectivity index (χ3v) is 6.20. The van der Waals surface area contributed by atoms with Crippen molar-refractivity contribution in [3.05, 3.63) is 65.7 Å². The molecule has 0 N–H and O–H groups in total. The first kappa shape index (κ1) is 27.9. The Morgan fingerprint density at radius 3 is 2.18 bits per heavy atom. The number of hydrogen-bond acceptors (Lipinski definition) is 3. The maximum absolute atomic E-state index is 12.4. The van der Waals surface area contributed by atoms with Crippen LogP contribution in [0.5, 0.6) is 5.75 Å². The van der Waals surface area contributed by atoms with Gasteiger partial charge in [0.15, 0.2) is 0 Å². The second kappa shape index (κ2) is 15.5. The molecule has 0 amide bonds. The van der Waals surface area contributed by atoms with Crippen LogP contribution in [-0.2, 0) is 22.5 Å². The summed E-state index contributed by atoms with van der Waals surface area (Å²) in [5.41, 5.74) is 2.65. The van der Waals surface area contributed by atoms with Gasteiger partial charge in [-0.2, -0.15) is 0 Å². The van der Waals surface area contributed by atoms with Gasteiger partial charge >= 0.3 is 5.97 Å². The van der Waals surface area contributed by atoms with Crippen molar-refractivity contribution < 1.29 is 18.8 Å². The number of hydrogen-bond donors (Lipinski definition) is 0. The number of unbranched alkanes of at least 4 members (excludes halogenated alkanes) is 5. The average molecular weight is 469 g/mol. The Morgan fingerprint density at radius 2 is 1.50 bits per heavy atom. The van der Waals surface area contributed by atoms with Crippen LogP contribution in [0.2, 0.25) is 0 Å². The van der Waals surface area contributed by atoms with Crippen LogP contribution in [-0.4, -0.2) is 37.4 Å². The summed E-state index contributed by atoms with van der Waals surface area (Å²) < 4.78 is 12.4. The maximum Gasteiger partial charge on any atom is 0.309 e. The molecule has 0 spiro atoms. The van der Waals surface area contributed by atoms with Crippen molar-refractivity contribution >= 4 is 5.97 Å². The van der Waals surface area contributed by atoms with E-state index in [-0.39, 0.29) is 5.97 Å². The van der Waals surface area contributed by atoms with Crippen LogP contribution >= 0.6 is 0 Å². The van der Waals surface area contributed by atoms with E-state index >= 15 is 0 Å². The molecule has 0 aliphatic heterocycles. The zero-order valence-electron chi connectivity index (χ0n) is 21.9.